The number of carbonyl (C=O) groups excluding carboxylic acids is 2. The molecule has 4 rings (SSSR count). The predicted octanol–water partition coefficient (Wildman–Crippen LogP) is 4.45. The largest absolute Gasteiger partial charge is 0.388 e. The Bertz CT molecular complexity index is 1450. The number of carbonyl (C=O) groups is 2. The molecule has 5 N–H and O–H groups in total. The molecule has 1 aromatic heterocycles. The van der Waals surface area contributed by atoms with Gasteiger partial charge in [-0.3, -0.25) is 9.59 Å². The number of rotatable bonds is 6. The van der Waals surface area contributed by atoms with Crippen molar-refractivity contribution in [3.05, 3.63) is 88.7 Å². The van der Waals surface area contributed by atoms with E-state index in [1.54, 1.807) is 38.2 Å². The summed E-state index contributed by atoms with van der Waals surface area (Å²) in [5.74, 6) is -0.389. The molecule has 4 aromatic rings. The smallest absolute Gasteiger partial charge is 0.327 e. The highest BCUT2D eigenvalue weighted by Gasteiger charge is 2.30. The SMILES string of the molecule is CNC(=O)c1cccc(NC(=O)c2c(C)[nH]c(-c3cc(NC)cc(-c4c(C)cccc4C)c3)[n+]2O)c1. The number of aryl methyl sites for hydroxylation is 3. The Morgan fingerprint density at radius 2 is 1.50 bits per heavy atom. The Kier molecular flexibility index (Phi) is 6.78. The number of nitrogens with zero attached hydrogens (tertiary/aromatic N) is 1. The molecule has 3 aromatic carbocycles. The minimum Gasteiger partial charge on any atom is -0.388 e. The molecular formula is C28H30N5O3+. The molecule has 0 aliphatic carbocycles. The van der Waals surface area contributed by atoms with Crippen LogP contribution in [-0.2, 0) is 0 Å². The summed E-state index contributed by atoms with van der Waals surface area (Å²) in [7, 11) is 3.38. The summed E-state index contributed by atoms with van der Waals surface area (Å²) in [4.78, 5) is 28.2. The molecule has 8 nitrogen and oxygen atoms in total. The molecule has 1 heterocycles. The van der Waals surface area contributed by atoms with Crippen molar-refractivity contribution in [2.45, 2.75) is 20.8 Å². The van der Waals surface area contributed by atoms with Crippen molar-refractivity contribution in [1.29, 1.82) is 0 Å². The molecule has 2 amide bonds. The molecule has 0 aliphatic rings. The van der Waals surface area contributed by atoms with E-state index in [1.807, 2.05) is 25.2 Å². The van der Waals surface area contributed by atoms with Crippen molar-refractivity contribution in [3.8, 4) is 22.5 Å². The number of aromatic nitrogens is 2. The number of nitrogens with one attached hydrogen (secondary N) is 4. The second-order valence-electron chi connectivity index (χ2n) is 8.69. The van der Waals surface area contributed by atoms with Crippen LogP contribution in [0.3, 0.4) is 0 Å². The normalized spacial score (nSPS) is 10.7. The van der Waals surface area contributed by atoms with Gasteiger partial charge < -0.3 is 21.2 Å². The Morgan fingerprint density at radius 3 is 2.17 bits per heavy atom. The van der Waals surface area contributed by atoms with Crippen LogP contribution in [-0.4, -0.2) is 36.1 Å². The molecule has 0 aliphatic heterocycles. The van der Waals surface area contributed by atoms with E-state index >= 15 is 0 Å². The van der Waals surface area contributed by atoms with Gasteiger partial charge in [-0.1, -0.05) is 24.3 Å². The van der Waals surface area contributed by atoms with Crippen LogP contribution in [0.4, 0.5) is 11.4 Å². The van der Waals surface area contributed by atoms with Crippen LogP contribution in [0.1, 0.15) is 37.7 Å². The van der Waals surface area contributed by atoms with Crippen LogP contribution >= 0.6 is 0 Å². The zero-order valence-electron chi connectivity index (χ0n) is 21.0. The first-order chi connectivity index (χ1) is 17.2. The molecule has 8 heteroatoms. The minimum absolute atomic E-state index is 0.0684. The fourth-order valence-electron chi connectivity index (χ4n) is 4.42. The maximum atomic E-state index is 13.1. The molecule has 0 saturated carbocycles. The summed E-state index contributed by atoms with van der Waals surface area (Å²) in [6.07, 6.45) is 0. The molecule has 0 radical (unpaired) electrons. The van der Waals surface area contributed by atoms with Gasteiger partial charge in [-0.15, -0.1) is 0 Å². The molecule has 0 spiro atoms. The second kappa shape index (κ2) is 9.95. The number of hydrogen-bond donors (Lipinski definition) is 5. The Hall–Kier alpha value is -4.59. The third-order valence-electron chi connectivity index (χ3n) is 6.17. The lowest BCUT2D eigenvalue weighted by Crippen LogP contribution is -2.39. The number of aromatic amines is 1. The van der Waals surface area contributed by atoms with E-state index in [4.69, 9.17) is 0 Å². The molecule has 0 atom stereocenters. The highest BCUT2D eigenvalue weighted by Crippen LogP contribution is 2.33. The molecule has 36 heavy (non-hydrogen) atoms. The molecular weight excluding hydrogens is 454 g/mol. The highest BCUT2D eigenvalue weighted by molar-refractivity contribution is 6.03. The lowest BCUT2D eigenvalue weighted by atomic mass is 9.94. The van der Waals surface area contributed by atoms with E-state index in [0.29, 0.717) is 28.3 Å². The Labute approximate surface area is 210 Å². The van der Waals surface area contributed by atoms with Gasteiger partial charge in [0.2, 0.25) is 0 Å². The molecule has 0 bridgehead atoms. The predicted molar refractivity (Wildman–Crippen MR) is 141 cm³/mol. The Morgan fingerprint density at radius 1 is 0.833 bits per heavy atom. The summed E-state index contributed by atoms with van der Waals surface area (Å²) >= 11 is 0. The van der Waals surface area contributed by atoms with E-state index in [1.165, 1.54) is 0 Å². The maximum absolute atomic E-state index is 13.1. The standard InChI is InChI=1S/C28H29N5O3/c1-16-8-6-9-17(2)24(16)20-12-21(15-23(14-20)29-4)26-31-18(3)25(33(26)36)28(35)32-22-11-7-10-19(13-22)27(34)30-5/h6-15,29,36H,1-5H3,(H2,30,32,34,35)/p+1. The van der Waals surface area contributed by atoms with E-state index in [9.17, 15) is 14.8 Å². The quantitative estimate of drug-likeness (QED) is 0.206. The van der Waals surface area contributed by atoms with Crippen LogP contribution in [0.2, 0.25) is 0 Å². The van der Waals surface area contributed by atoms with Crippen LogP contribution in [0.25, 0.3) is 22.5 Å². The monoisotopic (exact) mass is 484 g/mol. The summed E-state index contributed by atoms with van der Waals surface area (Å²) in [6.45, 7) is 5.86. The fraction of sp³-hybridized carbons (Fsp3) is 0.179. The zero-order valence-corrected chi connectivity index (χ0v) is 21.0. The van der Waals surface area contributed by atoms with E-state index < -0.39 is 5.91 Å². The van der Waals surface area contributed by atoms with Gasteiger partial charge in [-0.05, 0) is 77.2 Å². The van der Waals surface area contributed by atoms with Gasteiger partial charge in [-0.2, -0.15) is 0 Å². The minimum atomic E-state index is -0.508. The average molecular weight is 485 g/mol. The van der Waals surface area contributed by atoms with Crippen LogP contribution in [0, 0.1) is 20.8 Å². The molecule has 0 fully saturated rings. The van der Waals surface area contributed by atoms with Crippen molar-refractivity contribution >= 4 is 23.2 Å². The number of imidazole rings is 1. The number of hydrogen-bond acceptors (Lipinski definition) is 4. The first-order valence-corrected chi connectivity index (χ1v) is 11.6. The van der Waals surface area contributed by atoms with Gasteiger partial charge in [0, 0.05) is 38.0 Å². The Balaban J connectivity index is 1.73. The zero-order chi connectivity index (χ0) is 26.0. The van der Waals surface area contributed by atoms with Crippen molar-refractivity contribution in [3.63, 3.8) is 0 Å². The van der Waals surface area contributed by atoms with Crippen molar-refractivity contribution in [2.24, 2.45) is 0 Å². The number of benzene rings is 3. The summed E-state index contributed by atoms with van der Waals surface area (Å²) in [5, 5.41) is 19.6. The van der Waals surface area contributed by atoms with Gasteiger partial charge in [0.15, 0.2) is 5.69 Å². The van der Waals surface area contributed by atoms with Gasteiger partial charge in [0.1, 0.15) is 0 Å². The average Bonchev–Trinajstić information content (AvgIpc) is 3.17. The second-order valence-corrected chi connectivity index (χ2v) is 8.69. The van der Waals surface area contributed by atoms with Crippen LogP contribution in [0.15, 0.2) is 60.7 Å². The van der Waals surface area contributed by atoms with E-state index in [-0.39, 0.29) is 11.6 Å². The first-order valence-electron chi connectivity index (χ1n) is 11.6. The molecule has 0 saturated heterocycles. The number of amides is 2. The third kappa shape index (κ3) is 4.65. The van der Waals surface area contributed by atoms with Gasteiger partial charge in [0.05, 0.1) is 5.56 Å². The maximum Gasteiger partial charge on any atom is 0.327 e. The van der Waals surface area contributed by atoms with Gasteiger partial charge >= 0.3 is 11.7 Å². The van der Waals surface area contributed by atoms with E-state index in [2.05, 4.69) is 53.0 Å². The van der Waals surface area contributed by atoms with Crippen molar-refractivity contribution < 1.29 is 19.5 Å². The van der Waals surface area contributed by atoms with E-state index in [0.717, 1.165) is 32.7 Å². The molecule has 0 unspecified atom stereocenters. The molecule has 184 valence electrons. The van der Waals surface area contributed by atoms with Crippen molar-refractivity contribution in [2.75, 3.05) is 24.7 Å². The first kappa shape index (κ1) is 24.5. The van der Waals surface area contributed by atoms with Gasteiger partial charge in [-0.25, -0.2) is 4.98 Å². The fourth-order valence-corrected chi connectivity index (χ4v) is 4.42. The topological polar surface area (TPSA) is 110 Å². The summed E-state index contributed by atoms with van der Waals surface area (Å²) < 4.78 is 0.872. The highest BCUT2D eigenvalue weighted by atomic mass is 16.5. The lowest BCUT2D eigenvalue weighted by molar-refractivity contribution is -0.896. The van der Waals surface area contributed by atoms with Crippen LogP contribution < -0.4 is 20.7 Å². The summed E-state index contributed by atoms with van der Waals surface area (Å²) in [5.41, 5.74) is 7.42. The van der Waals surface area contributed by atoms with Gasteiger partial charge in [0.25, 0.3) is 11.6 Å². The van der Waals surface area contributed by atoms with Crippen LogP contribution in [0.5, 0.6) is 0 Å². The summed E-state index contributed by atoms with van der Waals surface area (Å²) in [6, 6.07) is 18.7. The lowest BCUT2D eigenvalue weighted by Gasteiger charge is -2.13. The van der Waals surface area contributed by atoms with Crippen molar-refractivity contribution in [1.82, 2.24) is 10.3 Å². The third-order valence-corrected chi connectivity index (χ3v) is 6.17. The number of anilines is 2. The number of H-pyrrole nitrogens is 1.